The van der Waals surface area contributed by atoms with E-state index in [0.29, 0.717) is 25.6 Å². The van der Waals surface area contributed by atoms with E-state index in [-0.39, 0.29) is 12.1 Å². The summed E-state index contributed by atoms with van der Waals surface area (Å²) in [5, 5.41) is 10.0. The van der Waals surface area contributed by atoms with E-state index in [4.69, 9.17) is 4.74 Å². The number of carbonyl (C=O) groups excluding carboxylic acids is 1. The molecule has 2 N–H and O–H groups in total. The summed E-state index contributed by atoms with van der Waals surface area (Å²) in [7, 11) is 0. The monoisotopic (exact) mass is 330 g/mol. The first-order valence-corrected chi connectivity index (χ1v) is 8.43. The number of aromatic nitrogens is 4. The molecule has 2 aromatic rings. The fraction of sp³-hybridized carbons (Fsp3) is 0.562. The summed E-state index contributed by atoms with van der Waals surface area (Å²) in [6.45, 7) is 4.82. The highest BCUT2D eigenvalue weighted by molar-refractivity contribution is 5.88. The average Bonchev–Trinajstić information content (AvgIpc) is 3.07. The standard InChI is InChI=1S/C16H22N6O2/c1-11-13(21-6-3-2-4-15(21)18-11)8-17-16(23)19-14-5-7-22(20-14)12-9-24-10-12/h5,7,12H,2-4,6,8-10H2,1H3,(H2,17,19,20,23). The number of carbonyl (C=O) groups is 1. The highest BCUT2D eigenvalue weighted by Crippen LogP contribution is 2.19. The van der Waals surface area contributed by atoms with Gasteiger partial charge in [-0.2, -0.15) is 5.10 Å². The van der Waals surface area contributed by atoms with Gasteiger partial charge in [-0.25, -0.2) is 9.78 Å². The molecule has 4 heterocycles. The Labute approximate surface area is 140 Å². The van der Waals surface area contributed by atoms with E-state index in [9.17, 15) is 4.79 Å². The molecule has 8 nitrogen and oxygen atoms in total. The van der Waals surface area contributed by atoms with Crippen LogP contribution in [0.1, 0.15) is 36.1 Å². The molecular formula is C16H22N6O2. The lowest BCUT2D eigenvalue weighted by atomic mass is 10.1. The van der Waals surface area contributed by atoms with Gasteiger partial charge in [0.25, 0.3) is 0 Å². The molecule has 4 rings (SSSR count). The molecule has 2 aliphatic rings. The van der Waals surface area contributed by atoms with Gasteiger partial charge in [0, 0.05) is 25.2 Å². The minimum atomic E-state index is -0.254. The maximum Gasteiger partial charge on any atom is 0.320 e. The Morgan fingerprint density at radius 1 is 1.42 bits per heavy atom. The van der Waals surface area contributed by atoms with E-state index in [1.54, 1.807) is 6.07 Å². The molecule has 0 unspecified atom stereocenters. The van der Waals surface area contributed by atoms with Crippen molar-refractivity contribution in [2.24, 2.45) is 0 Å². The van der Waals surface area contributed by atoms with E-state index >= 15 is 0 Å². The van der Waals surface area contributed by atoms with Gasteiger partial charge in [0.1, 0.15) is 5.82 Å². The molecule has 0 aliphatic carbocycles. The van der Waals surface area contributed by atoms with Gasteiger partial charge in [0.05, 0.1) is 37.2 Å². The molecule has 2 aromatic heterocycles. The lowest BCUT2D eigenvalue weighted by molar-refractivity contribution is -0.0285. The second kappa shape index (κ2) is 6.27. The number of amides is 2. The lowest BCUT2D eigenvalue weighted by Crippen LogP contribution is -2.32. The van der Waals surface area contributed by atoms with E-state index < -0.39 is 0 Å². The lowest BCUT2D eigenvalue weighted by Gasteiger charge is -2.25. The van der Waals surface area contributed by atoms with Crippen LogP contribution in [-0.4, -0.2) is 38.6 Å². The average molecular weight is 330 g/mol. The van der Waals surface area contributed by atoms with Crippen molar-refractivity contribution in [2.75, 3.05) is 18.5 Å². The van der Waals surface area contributed by atoms with Crippen molar-refractivity contribution in [1.29, 1.82) is 0 Å². The van der Waals surface area contributed by atoms with Gasteiger partial charge in [0.2, 0.25) is 0 Å². The van der Waals surface area contributed by atoms with Crippen LogP contribution in [0.3, 0.4) is 0 Å². The normalized spacial score (nSPS) is 17.2. The number of anilines is 1. The summed E-state index contributed by atoms with van der Waals surface area (Å²) >= 11 is 0. The van der Waals surface area contributed by atoms with Crippen LogP contribution in [0.15, 0.2) is 12.3 Å². The first kappa shape index (κ1) is 15.2. The number of ether oxygens (including phenoxy) is 1. The zero-order valence-electron chi connectivity index (χ0n) is 13.8. The van der Waals surface area contributed by atoms with Gasteiger partial charge in [-0.3, -0.25) is 10.00 Å². The van der Waals surface area contributed by atoms with E-state index in [0.717, 1.165) is 30.2 Å². The molecule has 0 saturated carbocycles. The number of hydrogen-bond donors (Lipinski definition) is 2. The largest absolute Gasteiger partial charge is 0.377 e. The molecule has 8 heteroatoms. The Kier molecular flexibility index (Phi) is 3.97. The summed E-state index contributed by atoms with van der Waals surface area (Å²) in [4.78, 5) is 16.7. The van der Waals surface area contributed by atoms with Gasteiger partial charge in [-0.05, 0) is 19.8 Å². The van der Waals surface area contributed by atoms with Crippen molar-refractivity contribution in [1.82, 2.24) is 24.6 Å². The molecule has 0 spiro atoms. The zero-order chi connectivity index (χ0) is 16.5. The third-order valence-corrected chi connectivity index (χ3v) is 4.64. The first-order valence-electron chi connectivity index (χ1n) is 8.43. The topological polar surface area (TPSA) is 86.0 Å². The van der Waals surface area contributed by atoms with Crippen LogP contribution in [0.5, 0.6) is 0 Å². The number of rotatable bonds is 4. The fourth-order valence-electron chi connectivity index (χ4n) is 3.21. The third kappa shape index (κ3) is 2.89. The Morgan fingerprint density at radius 2 is 2.29 bits per heavy atom. The van der Waals surface area contributed by atoms with Crippen LogP contribution in [0.2, 0.25) is 0 Å². The molecular weight excluding hydrogens is 308 g/mol. The third-order valence-electron chi connectivity index (χ3n) is 4.64. The Morgan fingerprint density at radius 3 is 3.08 bits per heavy atom. The summed E-state index contributed by atoms with van der Waals surface area (Å²) in [6, 6.07) is 1.82. The molecule has 128 valence electrons. The number of aryl methyl sites for hydroxylation is 2. The van der Waals surface area contributed by atoms with Crippen LogP contribution < -0.4 is 10.6 Å². The summed E-state index contributed by atoms with van der Waals surface area (Å²) in [5.41, 5.74) is 2.10. The van der Waals surface area contributed by atoms with Crippen LogP contribution in [0.4, 0.5) is 10.6 Å². The maximum atomic E-state index is 12.1. The minimum absolute atomic E-state index is 0.254. The molecule has 1 fully saturated rings. The van der Waals surface area contributed by atoms with Gasteiger partial charge in [-0.1, -0.05) is 0 Å². The van der Waals surface area contributed by atoms with Crippen molar-refractivity contribution in [3.05, 3.63) is 29.5 Å². The van der Waals surface area contributed by atoms with E-state index in [1.165, 1.54) is 12.8 Å². The van der Waals surface area contributed by atoms with Crippen molar-refractivity contribution < 1.29 is 9.53 Å². The van der Waals surface area contributed by atoms with Crippen LogP contribution in [0.25, 0.3) is 0 Å². The zero-order valence-corrected chi connectivity index (χ0v) is 13.8. The quantitative estimate of drug-likeness (QED) is 0.892. The number of nitrogens with one attached hydrogen (secondary N) is 2. The predicted molar refractivity (Wildman–Crippen MR) is 87.8 cm³/mol. The molecule has 2 aliphatic heterocycles. The van der Waals surface area contributed by atoms with E-state index in [1.807, 2.05) is 17.8 Å². The Hall–Kier alpha value is -2.35. The highest BCUT2D eigenvalue weighted by Gasteiger charge is 2.21. The smallest absolute Gasteiger partial charge is 0.320 e. The second-order valence-corrected chi connectivity index (χ2v) is 6.35. The number of hydrogen-bond acceptors (Lipinski definition) is 4. The molecule has 0 atom stereocenters. The van der Waals surface area contributed by atoms with E-state index in [2.05, 4.69) is 25.3 Å². The fourth-order valence-corrected chi connectivity index (χ4v) is 3.21. The van der Waals surface area contributed by atoms with Crippen LogP contribution in [0, 0.1) is 6.92 Å². The molecule has 2 amide bonds. The van der Waals surface area contributed by atoms with Crippen molar-refractivity contribution in [3.8, 4) is 0 Å². The van der Waals surface area contributed by atoms with Gasteiger partial charge >= 0.3 is 6.03 Å². The molecule has 0 aromatic carbocycles. The Balaban J connectivity index is 1.35. The summed E-state index contributed by atoms with van der Waals surface area (Å²) in [5.74, 6) is 1.68. The molecule has 24 heavy (non-hydrogen) atoms. The number of imidazole rings is 1. The number of urea groups is 1. The SMILES string of the molecule is Cc1nc2n(c1CNC(=O)Nc1ccn(C3COC3)n1)CCCC2. The predicted octanol–water partition coefficient (Wildman–Crippen LogP) is 1.62. The number of nitrogens with zero attached hydrogens (tertiary/aromatic N) is 4. The maximum absolute atomic E-state index is 12.1. The van der Waals surface area contributed by atoms with Gasteiger partial charge in [0.15, 0.2) is 5.82 Å². The molecule has 0 bridgehead atoms. The van der Waals surface area contributed by atoms with Gasteiger partial charge < -0.3 is 14.6 Å². The highest BCUT2D eigenvalue weighted by atomic mass is 16.5. The minimum Gasteiger partial charge on any atom is -0.377 e. The van der Waals surface area contributed by atoms with Crippen molar-refractivity contribution in [2.45, 2.75) is 45.3 Å². The Bertz CT molecular complexity index is 746. The van der Waals surface area contributed by atoms with Crippen molar-refractivity contribution in [3.63, 3.8) is 0 Å². The van der Waals surface area contributed by atoms with Crippen molar-refractivity contribution >= 4 is 11.8 Å². The first-order chi connectivity index (χ1) is 11.7. The summed E-state index contributed by atoms with van der Waals surface area (Å²) < 4.78 is 9.22. The number of fused-ring (bicyclic) bond motifs is 1. The second-order valence-electron chi connectivity index (χ2n) is 6.35. The molecule has 1 saturated heterocycles. The van der Waals surface area contributed by atoms with Crippen LogP contribution >= 0.6 is 0 Å². The van der Waals surface area contributed by atoms with Crippen LogP contribution in [-0.2, 0) is 24.2 Å². The summed E-state index contributed by atoms with van der Waals surface area (Å²) in [6.07, 6.45) is 5.25. The molecule has 0 radical (unpaired) electrons. The van der Waals surface area contributed by atoms with Gasteiger partial charge in [-0.15, -0.1) is 0 Å².